The number of amides is 4. The predicted molar refractivity (Wildman–Crippen MR) is 130 cm³/mol. The van der Waals surface area contributed by atoms with Crippen LogP contribution < -0.4 is 27.4 Å². The van der Waals surface area contributed by atoms with Gasteiger partial charge in [-0.05, 0) is 30.0 Å². The largest absolute Gasteiger partial charge is 0.508 e. The van der Waals surface area contributed by atoms with Crippen molar-refractivity contribution in [2.75, 3.05) is 5.75 Å². The van der Waals surface area contributed by atoms with Crippen molar-refractivity contribution in [1.82, 2.24) is 16.0 Å². The number of carbonyl (C=O) groups excluding carboxylic acids is 4. The summed E-state index contributed by atoms with van der Waals surface area (Å²) in [6.07, 6.45) is 0.00327. The van der Waals surface area contributed by atoms with E-state index in [0.29, 0.717) is 12.0 Å². The highest BCUT2D eigenvalue weighted by atomic mass is 32.1. The molecule has 194 valence electrons. The van der Waals surface area contributed by atoms with Gasteiger partial charge in [0, 0.05) is 5.75 Å². The molecular weight excluding hydrogens is 478 g/mol. The average molecular weight is 512 g/mol. The normalized spacial score (nSPS) is 15.1. The molecule has 0 radical (unpaired) electrons. The number of primary amides is 1. The van der Waals surface area contributed by atoms with E-state index in [2.05, 4.69) is 28.6 Å². The minimum Gasteiger partial charge on any atom is -0.508 e. The van der Waals surface area contributed by atoms with Crippen molar-refractivity contribution >= 4 is 42.2 Å². The summed E-state index contributed by atoms with van der Waals surface area (Å²) in [5.74, 6) is -5.02. The summed E-state index contributed by atoms with van der Waals surface area (Å²) in [6.45, 7) is 3.45. The van der Waals surface area contributed by atoms with Crippen LogP contribution in [-0.4, -0.2) is 69.7 Å². The number of phenols is 1. The second kappa shape index (κ2) is 14.2. The number of benzene rings is 1. The lowest BCUT2D eigenvalue weighted by atomic mass is 9.97. The molecule has 13 heteroatoms. The zero-order valence-corrected chi connectivity index (χ0v) is 20.5. The molecule has 5 atom stereocenters. The van der Waals surface area contributed by atoms with Crippen molar-refractivity contribution in [2.24, 2.45) is 17.4 Å². The van der Waals surface area contributed by atoms with Crippen molar-refractivity contribution in [3.05, 3.63) is 29.8 Å². The van der Waals surface area contributed by atoms with Crippen molar-refractivity contribution < 1.29 is 34.2 Å². The molecular formula is C22H33N5O7S. The summed E-state index contributed by atoms with van der Waals surface area (Å²) < 4.78 is 0. The van der Waals surface area contributed by atoms with E-state index in [0.717, 1.165) is 0 Å². The number of aromatic hydroxyl groups is 1. The maximum absolute atomic E-state index is 12.9. The Kier molecular flexibility index (Phi) is 12.0. The number of nitrogens with one attached hydrogen (secondary N) is 3. The fraction of sp³-hybridized carbons (Fsp3) is 0.500. The van der Waals surface area contributed by atoms with Gasteiger partial charge in [-0.25, -0.2) is 4.79 Å². The monoisotopic (exact) mass is 511 g/mol. The SMILES string of the molecule is CCC(C)C(NC(=O)C(CC(N)=O)NC(=O)C(N)Cc1ccc(O)cc1)C(=O)NC(CS)C(=O)O. The van der Waals surface area contributed by atoms with E-state index in [-0.39, 0.29) is 17.9 Å². The van der Waals surface area contributed by atoms with Crippen LogP contribution in [-0.2, 0) is 30.4 Å². The molecule has 4 amide bonds. The van der Waals surface area contributed by atoms with Crippen LogP contribution in [0.15, 0.2) is 24.3 Å². The molecule has 0 spiro atoms. The van der Waals surface area contributed by atoms with E-state index in [4.69, 9.17) is 16.6 Å². The Hall–Kier alpha value is -3.32. The van der Waals surface area contributed by atoms with E-state index < -0.39 is 66.1 Å². The Bertz CT molecular complexity index is 912. The molecule has 35 heavy (non-hydrogen) atoms. The molecule has 0 bridgehead atoms. The third-order valence-corrected chi connectivity index (χ3v) is 5.72. The first-order valence-corrected chi connectivity index (χ1v) is 11.6. The Morgan fingerprint density at radius 2 is 1.54 bits per heavy atom. The van der Waals surface area contributed by atoms with Crippen molar-refractivity contribution in [3.63, 3.8) is 0 Å². The van der Waals surface area contributed by atoms with Gasteiger partial charge in [0.1, 0.15) is 23.9 Å². The molecule has 0 aliphatic heterocycles. The number of carboxylic acid groups (broad SMARTS) is 1. The molecule has 0 heterocycles. The van der Waals surface area contributed by atoms with Gasteiger partial charge in [-0.15, -0.1) is 0 Å². The van der Waals surface area contributed by atoms with E-state index in [1.165, 1.54) is 12.1 Å². The number of hydrogen-bond donors (Lipinski definition) is 8. The van der Waals surface area contributed by atoms with Gasteiger partial charge in [-0.1, -0.05) is 32.4 Å². The summed E-state index contributed by atoms with van der Waals surface area (Å²) in [5, 5.41) is 25.7. The van der Waals surface area contributed by atoms with Gasteiger partial charge >= 0.3 is 5.97 Å². The van der Waals surface area contributed by atoms with Crippen LogP contribution in [0.1, 0.15) is 32.3 Å². The van der Waals surface area contributed by atoms with E-state index >= 15 is 0 Å². The van der Waals surface area contributed by atoms with Crippen LogP contribution in [0, 0.1) is 5.92 Å². The van der Waals surface area contributed by atoms with E-state index in [1.54, 1.807) is 26.0 Å². The number of carboxylic acids is 1. The average Bonchev–Trinajstić information content (AvgIpc) is 2.80. The maximum Gasteiger partial charge on any atom is 0.327 e. The molecule has 0 saturated carbocycles. The summed E-state index contributed by atoms with van der Waals surface area (Å²) in [6, 6.07) is 1.13. The van der Waals surface area contributed by atoms with Crippen LogP contribution in [0.25, 0.3) is 0 Å². The van der Waals surface area contributed by atoms with Crippen LogP contribution in [0.4, 0.5) is 0 Å². The lowest BCUT2D eigenvalue weighted by Gasteiger charge is -2.27. The zero-order valence-electron chi connectivity index (χ0n) is 19.6. The molecule has 9 N–H and O–H groups in total. The molecule has 5 unspecified atom stereocenters. The number of carbonyl (C=O) groups is 5. The van der Waals surface area contributed by atoms with Crippen LogP contribution in [0.3, 0.4) is 0 Å². The van der Waals surface area contributed by atoms with Gasteiger partial charge in [-0.2, -0.15) is 12.6 Å². The van der Waals surface area contributed by atoms with E-state index in [9.17, 15) is 29.1 Å². The van der Waals surface area contributed by atoms with Gasteiger partial charge < -0.3 is 37.6 Å². The van der Waals surface area contributed by atoms with Crippen molar-refractivity contribution in [1.29, 1.82) is 0 Å². The van der Waals surface area contributed by atoms with Gasteiger partial charge in [-0.3, -0.25) is 19.2 Å². The number of hydrogen-bond acceptors (Lipinski definition) is 8. The topological polar surface area (TPSA) is 214 Å². The predicted octanol–water partition coefficient (Wildman–Crippen LogP) is -1.35. The highest BCUT2D eigenvalue weighted by Crippen LogP contribution is 2.12. The lowest BCUT2D eigenvalue weighted by Crippen LogP contribution is -2.59. The van der Waals surface area contributed by atoms with Crippen LogP contribution in [0.2, 0.25) is 0 Å². The fourth-order valence-corrected chi connectivity index (χ4v) is 3.32. The molecule has 1 aromatic carbocycles. The summed E-state index contributed by atoms with van der Waals surface area (Å²) in [7, 11) is 0. The lowest BCUT2D eigenvalue weighted by molar-refractivity contribution is -0.142. The fourth-order valence-electron chi connectivity index (χ4n) is 3.07. The molecule has 0 aromatic heterocycles. The highest BCUT2D eigenvalue weighted by Gasteiger charge is 2.33. The Morgan fingerprint density at radius 1 is 0.971 bits per heavy atom. The van der Waals surface area contributed by atoms with Crippen LogP contribution in [0.5, 0.6) is 5.75 Å². The van der Waals surface area contributed by atoms with Gasteiger partial charge in [0.05, 0.1) is 12.5 Å². The Morgan fingerprint density at radius 3 is 2.03 bits per heavy atom. The van der Waals surface area contributed by atoms with Gasteiger partial charge in [0.25, 0.3) is 0 Å². The third-order valence-electron chi connectivity index (χ3n) is 5.36. The minimum atomic E-state index is -1.41. The molecule has 0 aliphatic carbocycles. The first-order chi connectivity index (χ1) is 16.4. The molecule has 1 rings (SSSR count). The number of aliphatic carboxylic acids is 1. The molecule has 12 nitrogen and oxygen atoms in total. The number of rotatable bonds is 14. The standard InChI is InChI=1S/C22H33N5O7S/c1-3-11(2)18(21(32)26-16(10-35)22(33)34)27-20(31)15(9-17(24)29)25-19(30)14(23)8-12-4-6-13(28)7-5-12/h4-7,11,14-16,18,28,35H,3,8-10,23H2,1-2H3,(H2,24,29)(H,25,30)(H,26,32)(H,27,31)(H,33,34). The first-order valence-electron chi connectivity index (χ1n) is 11.0. The Balaban J connectivity index is 2.97. The Labute approximate surface area is 208 Å². The highest BCUT2D eigenvalue weighted by molar-refractivity contribution is 7.80. The third kappa shape index (κ3) is 9.83. The van der Waals surface area contributed by atoms with Crippen molar-refractivity contribution in [3.8, 4) is 5.75 Å². The summed E-state index contributed by atoms with van der Waals surface area (Å²) in [5.41, 5.74) is 11.8. The summed E-state index contributed by atoms with van der Waals surface area (Å²) in [4.78, 5) is 61.0. The van der Waals surface area contributed by atoms with Crippen molar-refractivity contribution in [2.45, 2.75) is 57.3 Å². The summed E-state index contributed by atoms with van der Waals surface area (Å²) >= 11 is 3.90. The maximum atomic E-state index is 12.9. The molecule has 0 aliphatic rings. The second-order valence-electron chi connectivity index (χ2n) is 8.16. The first kappa shape index (κ1) is 29.7. The molecule has 0 fully saturated rings. The zero-order chi connectivity index (χ0) is 26.7. The number of phenolic OH excluding ortho intramolecular Hbond substituents is 1. The molecule has 1 aromatic rings. The van der Waals surface area contributed by atoms with E-state index in [1.807, 2.05) is 0 Å². The number of thiol groups is 1. The molecule has 0 saturated heterocycles. The number of nitrogens with two attached hydrogens (primary N) is 2. The minimum absolute atomic E-state index is 0.0499. The second-order valence-corrected chi connectivity index (χ2v) is 8.53. The quantitative estimate of drug-likeness (QED) is 0.139. The van der Waals surface area contributed by atoms with Gasteiger partial charge in [0.15, 0.2) is 0 Å². The van der Waals surface area contributed by atoms with Gasteiger partial charge in [0.2, 0.25) is 23.6 Å². The smallest absolute Gasteiger partial charge is 0.327 e. The van der Waals surface area contributed by atoms with Crippen LogP contribution >= 0.6 is 12.6 Å².